The zero-order valence-electron chi connectivity index (χ0n) is 16.3. The Labute approximate surface area is 165 Å². The summed E-state index contributed by atoms with van der Waals surface area (Å²) in [7, 11) is 0. The second kappa shape index (κ2) is 9.37. The zero-order valence-corrected chi connectivity index (χ0v) is 16.3. The van der Waals surface area contributed by atoms with Gasteiger partial charge >= 0.3 is 0 Å². The molecule has 0 saturated carbocycles. The molecule has 2 aromatic rings. The van der Waals surface area contributed by atoms with Crippen LogP contribution < -0.4 is 10.1 Å². The third-order valence-electron chi connectivity index (χ3n) is 4.35. The molecule has 0 aliphatic carbocycles. The number of morpholine rings is 1. The minimum Gasteiger partial charge on any atom is -0.493 e. The fourth-order valence-electron chi connectivity index (χ4n) is 2.87. The number of hydrogen-bond acceptors (Lipinski definition) is 4. The third kappa shape index (κ3) is 5.33. The van der Waals surface area contributed by atoms with Gasteiger partial charge in [-0.25, -0.2) is 0 Å². The number of rotatable bonds is 6. The molecule has 1 aliphatic heterocycles. The van der Waals surface area contributed by atoms with E-state index in [1.54, 1.807) is 47.4 Å². The second-order valence-corrected chi connectivity index (χ2v) is 7.17. The van der Waals surface area contributed by atoms with Gasteiger partial charge in [0, 0.05) is 29.9 Å². The highest BCUT2D eigenvalue weighted by molar-refractivity contribution is 6.05. The molecule has 0 spiro atoms. The van der Waals surface area contributed by atoms with Gasteiger partial charge in [-0.05, 0) is 42.3 Å². The van der Waals surface area contributed by atoms with Crippen LogP contribution in [0, 0.1) is 5.92 Å². The van der Waals surface area contributed by atoms with Crippen molar-refractivity contribution in [2.75, 3.05) is 38.2 Å². The van der Waals surface area contributed by atoms with Gasteiger partial charge in [-0.15, -0.1) is 0 Å². The van der Waals surface area contributed by atoms with Gasteiger partial charge in [-0.2, -0.15) is 0 Å². The quantitative estimate of drug-likeness (QED) is 0.831. The largest absolute Gasteiger partial charge is 0.493 e. The lowest BCUT2D eigenvalue weighted by Gasteiger charge is -2.27. The monoisotopic (exact) mass is 382 g/mol. The summed E-state index contributed by atoms with van der Waals surface area (Å²) in [6.45, 7) is 7.01. The summed E-state index contributed by atoms with van der Waals surface area (Å²) < 4.78 is 11.0. The highest BCUT2D eigenvalue weighted by atomic mass is 16.5. The predicted octanol–water partition coefficient (Wildman–Crippen LogP) is 3.45. The van der Waals surface area contributed by atoms with Crippen molar-refractivity contribution >= 4 is 17.5 Å². The summed E-state index contributed by atoms with van der Waals surface area (Å²) in [4.78, 5) is 27.0. The molecule has 148 valence electrons. The smallest absolute Gasteiger partial charge is 0.255 e. The van der Waals surface area contributed by atoms with E-state index in [-0.39, 0.29) is 11.8 Å². The van der Waals surface area contributed by atoms with Gasteiger partial charge in [0.15, 0.2) is 0 Å². The summed E-state index contributed by atoms with van der Waals surface area (Å²) in [5.41, 5.74) is 1.64. The second-order valence-electron chi connectivity index (χ2n) is 7.17. The Hall–Kier alpha value is -2.86. The average molecular weight is 382 g/mol. The molecule has 1 heterocycles. The molecule has 0 unspecified atom stereocenters. The first-order valence-electron chi connectivity index (χ1n) is 9.54. The van der Waals surface area contributed by atoms with Crippen molar-refractivity contribution in [2.24, 2.45) is 5.92 Å². The Bertz CT molecular complexity index is 829. The molecule has 3 rings (SSSR count). The highest BCUT2D eigenvalue weighted by Crippen LogP contribution is 2.18. The predicted molar refractivity (Wildman–Crippen MR) is 108 cm³/mol. The number of hydrogen-bond donors (Lipinski definition) is 1. The van der Waals surface area contributed by atoms with E-state index >= 15 is 0 Å². The van der Waals surface area contributed by atoms with E-state index in [1.165, 1.54) is 0 Å². The normalized spacial score (nSPS) is 14.0. The number of carbonyl (C=O) groups excluding carboxylic acids is 2. The molecule has 2 amide bonds. The van der Waals surface area contributed by atoms with E-state index in [9.17, 15) is 9.59 Å². The number of ether oxygens (including phenoxy) is 2. The van der Waals surface area contributed by atoms with Gasteiger partial charge in [-0.1, -0.05) is 26.0 Å². The molecular weight excluding hydrogens is 356 g/mol. The first-order chi connectivity index (χ1) is 13.5. The van der Waals surface area contributed by atoms with Crippen molar-refractivity contribution in [2.45, 2.75) is 13.8 Å². The van der Waals surface area contributed by atoms with Crippen LogP contribution in [-0.2, 0) is 4.74 Å². The fourth-order valence-corrected chi connectivity index (χ4v) is 2.87. The molecule has 28 heavy (non-hydrogen) atoms. The standard InChI is InChI=1S/C22H26N2O4/c1-16(2)15-28-20-8-4-5-17(14-20)21(25)23-19-7-3-6-18(13-19)22(26)24-9-11-27-12-10-24/h3-8,13-14,16H,9-12,15H2,1-2H3,(H,23,25). The van der Waals surface area contributed by atoms with E-state index in [1.807, 2.05) is 6.07 Å². The number of nitrogens with zero attached hydrogens (tertiary/aromatic N) is 1. The summed E-state index contributed by atoms with van der Waals surface area (Å²) in [6.07, 6.45) is 0. The molecule has 1 N–H and O–H groups in total. The van der Waals surface area contributed by atoms with Crippen LogP contribution in [0.5, 0.6) is 5.75 Å². The SMILES string of the molecule is CC(C)COc1cccc(C(=O)Nc2cccc(C(=O)N3CCOCC3)c2)c1. The molecule has 0 bridgehead atoms. The summed E-state index contributed by atoms with van der Waals surface area (Å²) >= 11 is 0. The van der Waals surface area contributed by atoms with Gasteiger partial charge < -0.3 is 19.7 Å². The third-order valence-corrected chi connectivity index (χ3v) is 4.35. The fraction of sp³-hybridized carbons (Fsp3) is 0.364. The maximum Gasteiger partial charge on any atom is 0.255 e. The lowest BCUT2D eigenvalue weighted by Crippen LogP contribution is -2.40. The molecule has 1 fully saturated rings. The van der Waals surface area contributed by atoms with Crippen molar-refractivity contribution in [3.63, 3.8) is 0 Å². The molecule has 6 nitrogen and oxygen atoms in total. The van der Waals surface area contributed by atoms with E-state index in [2.05, 4.69) is 19.2 Å². The van der Waals surface area contributed by atoms with Gasteiger partial charge in [0.05, 0.1) is 19.8 Å². The van der Waals surface area contributed by atoms with Crippen molar-refractivity contribution < 1.29 is 19.1 Å². The zero-order chi connectivity index (χ0) is 19.9. The number of carbonyl (C=O) groups is 2. The van der Waals surface area contributed by atoms with Gasteiger partial charge in [0.2, 0.25) is 0 Å². The highest BCUT2D eigenvalue weighted by Gasteiger charge is 2.19. The van der Waals surface area contributed by atoms with Crippen LogP contribution in [0.4, 0.5) is 5.69 Å². The van der Waals surface area contributed by atoms with Gasteiger partial charge in [0.25, 0.3) is 11.8 Å². The Balaban J connectivity index is 1.67. The number of nitrogens with one attached hydrogen (secondary N) is 1. The maximum atomic E-state index is 12.6. The molecular formula is C22H26N2O4. The van der Waals surface area contributed by atoms with Crippen LogP contribution >= 0.6 is 0 Å². The Morgan fingerprint density at radius 3 is 2.54 bits per heavy atom. The van der Waals surface area contributed by atoms with Crippen LogP contribution in [0.25, 0.3) is 0 Å². The van der Waals surface area contributed by atoms with E-state index in [0.29, 0.717) is 61.4 Å². The minimum absolute atomic E-state index is 0.0523. The number of amides is 2. The lowest BCUT2D eigenvalue weighted by molar-refractivity contribution is 0.0303. The van der Waals surface area contributed by atoms with Gasteiger partial charge in [-0.3, -0.25) is 9.59 Å². The minimum atomic E-state index is -0.244. The average Bonchev–Trinajstić information content (AvgIpc) is 2.72. The molecule has 1 aliphatic rings. The first-order valence-corrected chi connectivity index (χ1v) is 9.54. The number of anilines is 1. The van der Waals surface area contributed by atoms with Gasteiger partial charge in [0.1, 0.15) is 5.75 Å². The van der Waals surface area contributed by atoms with Crippen molar-refractivity contribution in [1.82, 2.24) is 4.90 Å². The van der Waals surface area contributed by atoms with Crippen molar-refractivity contribution in [3.05, 3.63) is 59.7 Å². The van der Waals surface area contributed by atoms with Crippen LogP contribution in [0.15, 0.2) is 48.5 Å². The molecule has 1 saturated heterocycles. The topological polar surface area (TPSA) is 67.9 Å². The molecule has 2 aromatic carbocycles. The molecule has 0 aromatic heterocycles. The molecule has 0 atom stereocenters. The van der Waals surface area contributed by atoms with E-state index < -0.39 is 0 Å². The maximum absolute atomic E-state index is 12.6. The molecule has 6 heteroatoms. The summed E-state index contributed by atoms with van der Waals surface area (Å²) in [5.74, 6) is 0.774. The molecule has 0 radical (unpaired) electrons. The summed E-state index contributed by atoms with van der Waals surface area (Å²) in [6, 6.07) is 14.1. The van der Waals surface area contributed by atoms with Crippen LogP contribution in [0.3, 0.4) is 0 Å². The van der Waals surface area contributed by atoms with Crippen molar-refractivity contribution in [3.8, 4) is 5.75 Å². The Kier molecular flexibility index (Phi) is 6.66. The Morgan fingerprint density at radius 1 is 1.07 bits per heavy atom. The van der Waals surface area contributed by atoms with Crippen LogP contribution in [-0.4, -0.2) is 49.6 Å². The lowest BCUT2D eigenvalue weighted by atomic mass is 10.1. The first kappa shape index (κ1) is 19.9. The number of benzene rings is 2. The summed E-state index contributed by atoms with van der Waals surface area (Å²) in [5, 5.41) is 2.86. The van der Waals surface area contributed by atoms with Crippen LogP contribution in [0.2, 0.25) is 0 Å². The van der Waals surface area contributed by atoms with Crippen LogP contribution in [0.1, 0.15) is 34.6 Å². The van der Waals surface area contributed by atoms with Crippen molar-refractivity contribution in [1.29, 1.82) is 0 Å². The van der Waals surface area contributed by atoms with E-state index in [0.717, 1.165) is 0 Å². The van der Waals surface area contributed by atoms with E-state index in [4.69, 9.17) is 9.47 Å². The Morgan fingerprint density at radius 2 is 1.79 bits per heavy atom.